The van der Waals surface area contributed by atoms with Gasteiger partial charge < -0.3 is 0 Å². The first-order valence-corrected chi connectivity index (χ1v) is 8.06. The van der Waals surface area contributed by atoms with E-state index < -0.39 is 0 Å². The molecule has 0 aliphatic heterocycles. The fraction of sp³-hybridized carbons (Fsp3) is 0. The molecule has 21 heavy (non-hydrogen) atoms. The Morgan fingerprint density at radius 1 is 0.476 bits per heavy atom. The largest absolute Gasteiger partial charge is 0.0616 e. The van der Waals surface area contributed by atoms with Gasteiger partial charge in [0, 0.05) is 3.57 Å². The summed E-state index contributed by atoms with van der Waals surface area (Å²) >= 11 is 2.36. The number of hydrogen-bond acceptors (Lipinski definition) is 0. The summed E-state index contributed by atoms with van der Waals surface area (Å²) in [6.45, 7) is 0. The van der Waals surface area contributed by atoms with Gasteiger partial charge in [-0.1, -0.05) is 54.6 Å². The molecule has 100 valence electrons. The Morgan fingerprint density at radius 2 is 1.00 bits per heavy atom. The predicted octanol–water partition coefficient (Wildman–Crippen LogP) is 6.26. The van der Waals surface area contributed by atoms with E-state index in [4.69, 9.17) is 0 Å². The van der Waals surface area contributed by atoms with E-state index in [1.165, 1.54) is 36.2 Å². The Labute approximate surface area is 137 Å². The standard InChI is InChI=1S/C20H13I/c21-20-10-9-18-12-17(7-8-19(18)13-20)16-6-5-14-3-1-2-4-15(14)11-16/h1-13H. The lowest BCUT2D eigenvalue weighted by atomic mass is 9.99. The van der Waals surface area contributed by atoms with Crippen LogP contribution in [0.2, 0.25) is 0 Å². The topological polar surface area (TPSA) is 0 Å². The Hall–Kier alpha value is -1.87. The molecule has 1 heteroatoms. The molecule has 4 rings (SSSR count). The SMILES string of the molecule is Ic1ccc2cc(-c3ccc4ccccc4c3)ccc2c1. The van der Waals surface area contributed by atoms with Crippen molar-refractivity contribution >= 4 is 44.1 Å². The molecule has 0 amide bonds. The highest BCUT2D eigenvalue weighted by Gasteiger charge is 2.02. The molecule has 0 saturated heterocycles. The zero-order valence-corrected chi connectivity index (χ0v) is 13.5. The normalized spacial score (nSPS) is 11.1. The van der Waals surface area contributed by atoms with Crippen LogP contribution >= 0.6 is 22.6 Å². The third-order valence-electron chi connectivity index (χ3n) is 3.89. The lowest BCUT2D eigenvalue weighted by Gasteiger charge is -2.06. The molecule has 4 aromatic carbocycles. The fourth-order valence-corrected chi connectivity index (χ4v) is 3.28. The molecule has 0 heterocycles. The zero-order chi connectivity index (χ0) is 14.2. The van der Waals surface area contributed by atoms with Crippen molar-refractivity contribution in [3.8, 4) is 11.1 Å². The summed E-state index contributed by atoms with van der Waals surface area (Å²) in [7, 11) is 0. The van der Waals surface area contributed by atoms with E-state index >= 15 is 0 Å². The van der Waals surface area contributed by atoms with Crippen LogP contribution < -0.4 is 0 Å². The summed E-state index contributed by atoms with van der Waals surface area (Å²) in [6, 6.07) is 28.4. The molecule has 0 fully saturated rings. The minimum atomic E-state index is 1.27. The van der Waals surface area contributed by atoms with Gasteiger partial charge in [-0.05, 0) is 79.5 Å². The van der Waals surface area contributed by atoms with Crippen molar-refractivity contribution in [3.05, 3.63) is 82.4 Å². The number of fused-ring (bicyclic) bond motifs is 2. The van der Waals surface area contributed by atoms with Gasteiger partial charge >= 0.3 is 0 Å². The summed E-state index contributed by atoms with van der Waals surface area (Å²) in [6.07, 6.45) is 0. The van der Waals surface area contributed by atoms with E-state index in [1.807, 2.05) is 0 Å². The van der Waals surface area contributed by atoms with Crippen LogP contribution in [0.25, 0.3) is 32.7 Å². The number of rotatable bonds is 1. The highest BCUT2D eigenvalue weighted by Crippen LogP contribution is 2.28. The van der Waals surface area contributed by atoms with Crippen LogP contribution in [-0.2, 0) is 0 Å². The molecule has 0 N–H and O–H groups in total. The maximum absolute atomic E-state index is 2.36. The van der Waals surface area contributed by atoms with Crippen molar-refractivity contribution < 1.29 is 0 Å². The van der Waals surface area contributed by atoms with Crippen LogP contribution in [0.5, 0.6) is 0 Å². The van der Waals surface area contributed by atoms with Gasteiger partial charge in [-0.15, -0.1) is 0 Å². The molecule has 0 aromatic heterocycles. The van der Waals surface area contributed by atoms with Gasteiger partial charge in [0.25, 0.3) is 0 Å². The van der Waals surface area contributed by atoms with E-state index in [1.54, 1.807) is 0 Å². The predicted molar refractivity (Wildman–Crippen MR) is 99.6 cm³/mol. The van der Waals surface area contributed by atoms with Crippen molar-refractivity contribution in [2.45, 2.75) is 0 Å². The summed E-state index contributed by atoms with van der Waals surface area (Å²) in [4.78, 5) is 0. The van der Waals surface area contributed by atoms with Crippen LogP contribution in [0.4, 0.5) is 0 Å². The number of benzene rings is 4. The third kappa shape index (κ3) is 2.42. The molecule has 0 nitrogen and oxygen atoms in total. The molecular formula is C20H13I. The van der Waals surface area contributed by atoms with Crippen LogP contribution in [-0.4, -0.2) is 0 Å². The van der Waals surface area contributed by atoms with Crippen molar-refractivity contribution in [3.63, 3.8) is 0 Å². The first kappa shape index (κ1) is 12.8. The average molecular weight is 380 g/mol. The third-order valence-corrected chi connectivity index (χ3v) is 4.56. The van der Waals surface area contributed by atoms with Crippen molar-refractivity contribution in [1.29, 1.82) is 0 Å². The van der Waals surface area contributed by atoms with Gasteiger partial charge in [-0.2, -0.15) is 0 Å². The van der Waals surface area contributed by atoms with Crippen LogP contribution in [0.3, 0.4) is 0 Å². The smallest absolute Gasteiger partial charge is 0.0136 e. The Morgan fingerprint density at radius 3 is 1.76 bits per heavy atom. The van der Waals surface area contributed by atoms with Crippen molar-refractivity contribution in [2.75, 3.05) is 0 Å². The lowest BCUT2D eigenvalue weighted by molar-refractivity contribution is 1.66. The van der Waals surface area contributed by atoms with Crippen LogP contribution in [0.1, 0.15) is 0 Å². The Kier molecular flexibility index (Phi) is 3.15. The van der Waals surface area contributed by atoms with E-state index in [-0.39, 0.29) is 0 Å². The van der Waals surface area contributed by atoms with E-state index in [9.17, 15) is 0 Å². The quantitative estimate of drug-likeness (QED) is 0.342. The van der Waals surface area contributed by atoms with E-state index in [2.05, 4.69) is 101 Å². The van der Waals surface area contributed by atoms with Gasteiger partial charge in [0.2, 0.25) is 0 Å². The van der Waals surface area contributed by atoms with Gasteiger partial charge in [0.15, 0.2) is 0 Å². The van der Waals surface area contributed by atoms with Gasteiger partial charge in [-0.25, -0.2) is 0 Å². The fourth-order valence-electron chi connectivity index (χ4n) is 2.77. The maximum atomic E-state index is 2.36. The highest BCUT2D eigenvalue weighted by molar-refractivity contribution is 14.1. The molecule has 0 atom stereocenters. The second-order valence-electron chi connectivity index (χ2n) is 5.27. The molecule has 0 saturated carbocycles. The summed E-state index contributed by atoms with van der Waals surface area (Å²) < 4.78 is 1.28. The first-order chi connectivity index (χ1) is 10.3. The molecule has 0 spiro atoms. The number of halogens is 1. The minimum Gasteiger partial charge on any atom is -0.0616 e. The number of hydrogen-bond donors (Lipinski definition) is 0. The monoisotopic (exact) mass is 380 g/mol. The molecule has 0 radical (unpaired) electrons. The van der Waals surface area contributed by atoms with Gasteiger partial charge in [0.1, 0.15) is 0 Å². The van der Waals surface area contributed by atoms with Crippen LogP contribution in [0.15, 0.2) is 78.9 Å². The average Bonchev–Trinajstić information content (AvgIpc) is 2.54. The van der Waals surface area contributed by atoms with Crippen LogP contribution in [0, 0.1) is 3.57 Å². The Balaban J connectivity index is 1.89. The molecule has 4 aromatic rings. The van der Waals surface area contributed by atoms with Crippen molar-refractivity contribution in [1.82, 2.24) is 0 Å². The summed E-state index contributed by atoms with van der Waals surface area (Å²) in [5, 5.41) is 5.17. The molecule has 0 bridgehead atoms. The molecular weight excluding hydrogens is 367 g/mol. The zero-order valence-electron chi connectivity index (χ0n) is 11.4. The lowest BCUT2D eigenvalue weighted by Crippen LogP contribution is -1.81. The molecule has 0 aliphatic carbocycles. The first-order valence-electron chi connectivity index (χ1n) is 6.98. The second-order valence-corrected chi connectivity index (χ2v) is 6.51. The van der Waals surface area contributed by atoms with E-state index in [0.717, 1.165) is 0 Å². The maximum Gasteiger partial charge on any atom is 0.0136 e. The van der Waals surface area contributed by atoms with E-state index in [0.29, 0.717) is 0 Å². The minimum absolute atomic E-state index is 1.27. The second kappa shape index (κ2) is 5.15. The van der Waals surface area contributed by atoms with Crippen molar-refractivity contribution in [2.24, 2.45) is 0 Å². The molecule has 0 aliphatic rings. The highest BCUT2D eigenvalue weighted by atomic mass is 127. The van der Waals surface area contributed by atoms with Gasteiger partial charge in [-0.3, -0.25) is 0 Å². The van der Waals surface area contributed by atoms with Gasteiger partial charge in [0.05, 0.1) is 0 Å². The Bertz CT molecular complexity index is 954. The molecule has 0 unspecified atom stereocenters. The summed E-state index contributed by atoms with van der Waals surface area (Å²) in [5.41, 5.74) is 2.55. The summed E-state index contributed by atoms with van der Waals surface area (Å²) in [5.74, 6) is 0.